The monoisotopic (exact) mass is 247 g/mol. The van der Waals surface area contributed by atoms with Crippen LogP contribution in [0.1, 0.15) is 24.8 Å². The van der Waals surface area contributed by atoms with Crippen LogP contribution in [0.2, 0.25) is 0 Å². The minimum Gasteiger partial charge on any atom is -0.481 e. The summed E-state index contributed by atoms with van der Waals surface area (Å²) in [6.07, 6.45) is 2.07. The molecular formula is C14H17NO3. The van der Waals surface area contributed by atoms with Gasteiger partial charge in [-0.1, -0.05) is 24.6 Å². The molecule has 2 atom stereocenters. The SMILES string of the molecule is Cc1ccccc1NC(=O)[C@@H]1CCC[C@@H]1C(=O)O. The zero-order chi connectivity index (χ0) is 13.1. The lowest BCUT2D eigenvalue weighted by Crippen LogP contribution is -2.30. The third-order valence-electron chi connectivity index (χ3n) is 3.57. The second-order valence-electron chi connectivity index (χ2n) is 4.79. The molecule has 0 bridgehead atoms. The largest absolute Gasteiger partial charge is 0.481 e. The second-order valence-corrected chi connectivity index (χ2v) is 4.79. The molecule has 1 amide bonds. The van der Waals surface area contributed by atoms with E-state index >= 15 is 0 Å². The highest BCUT2D eigenvalue weighted by molar-refractivity contribution is 5.95. The third kappa shape index (κ3) is 2.53. The van der Waals surface area contributed by atoms with Crippen LogP contribution in [0.25, 0.3) is 0 Å². The van der Waals surface area contributed by atoms with E-state index in [2.05, 4.69) is 5.32 Å². The molecule has 1 aromatic carbocycles. The highest BCUT2D eigenvalue weighted by Gasteiger charge is 2.37. The number of nitrogens with one attached hydrogen (secondary N) is 1. The van der Waals surface area contributed by atoms with Gasteiger partial charge in [-0.2, -0.15) is 0 Å². The van der Waals surface area contributed by atoms with Crippen LogP contribution in [0.5, 0.6) is 0 Å². The summed E-state index contributed by atoms with van der Waals surface area (Å²) in [7, 11) is 0. The number of amides is 1. The normalized spacial score (nSPS) is 22.7. The molecule has 0 spiro atoms. The first-order valence-corrected chi connectivity index (χ1v) is 6.19. The van der Waals surface area contributed by atoms with Crippen molar-refractivity contribution in [2.75, 3.05) is 5.32 Å². The van der Waals surface area contributed by atoms with Gasteiger partial charge in [0.1, 0.15) is 0 Å². The van der Waals surface area contributed by atoms with E-state index in [4.69, 9.17) is 5.11 Å². The summed E-state index contributed by atoms with van der Waals surface area (Å²) in [5.74, 6) is -1.97. The molecule has 0 saturated heterocycles. The van der Waals surface area contributed by atoms with Gasteiger partial charge < -0.3 is 10.4 Å². The van der Waals surface area contributed by atoms with E-state index in [0.29, 0.717) is 12.8 Å². The smallest absolute Gasteiger partial charge is 0.307 e. The lowest BCUT2D eigenvalue weighted by atomic mass is 9.95. The summed E-state index contributed by atoms with van der Waals surface area (Å²) in [5, 5.41) is 11.9. The van der Waals surface area contributed by atoms with Crippen molar-refractivity contribution in [3.05, 3.63) is 29.8 Å². The zero-order valence-corrected chi connectivity index (χ0v) is 10.3. The van der Waals surface area contributed by atoms with E-state index in [0.717, 1.165) is 17.7 Å². The Morgan fingerprint density at radius 2 is 1.89 bits per heavy atom. The van der Waals surface area contributed by atoms with Crippen molar-refractivity contribution in [3.8, 4) is 0 Å². The number of para-hydroxylation sites is 1. The Morgan fingerprint density at radius 1 is 1.22 bits per heavy atom. The van der Waals surface area contributed by atoms with E-state index in [9.17, 15) is 9.59 Å². The first-order chi connectivity index (χ1) is 8.59. The van der Waals surface area contributed by atoms with Gasteiger partial charge >= 0.3 is 5.97 Å². The summed E-state index contributed by atoms with van der Waals surface area (Å²) in [6.45, 7) is 1.92. The summed E-state index contributed by atoms with van der Waals surface area (Å²) in [4.78, 5) is 23.2. The maximum absolute atomic E-state index is 12.1. The quantitative estimate of drug-likeness (QED) is 0.862. The molecule has 96 valence electrons. The predicted molar refractivity (Wildman–Crippen MR) is 68.3 cm³/mol. The van der Waals surface area contributed by atoms with Crippen LogP contribution in [0.4, 0.5) is 5.69 Å². The molecule has 1 saturated carbocycles. The molecule has 4 heteroatoms. The average molecular weight is 247 g/mol. The van der Waals surface area contributed by atoms with Crippen molar-refractivity contribution in [1.29, 1.82) is 0 Å². The Kier molecular flexibility index (Phi) is 3.65. The third-order valence-corrected chi connectivity index (χ3v) is 3.57. The van der Waals surface area contributed by atoms with Gasteiger partial charge in [-0.15, -0.1) is 0 Å². The molecule has 1 aliphatic rings. The fourth-order valence-electron chi connectivity index (χ4n) is 2.51. The fraction of sp³-hybridized carbons (Fsp3) is 0.429. The number of carboxylic acids is 1. The van der Waals surface area contributed by atoms with Gasteiger partial charge in [0, 0.05) is 5.69 Å². The summed E-state index contributed by atoms with van der Waals surface area (Å²) in [5.41, 5.74) is 1.74. The van der Waals surface area contributed by atoms with Gasteiger partial charge in [-0.05, 0) is 31.4 Å². The summed E-state index contributed by atoms with van der Waals surface area (Å²) in [6, 6.07) is 7.50. The first-order valence-electron chi connectivity index (χ1n) is 6.19. The Hall–Kier alpha value is -1.84. The molecule has 0 unspecified atom stereocenters. The maximum atomic E-state index is 12.1. The molecule has 1 fully saturated rings. The molecule has 0 radical (unpaired) electrons. The van der Waals surface area contributed by atoms with Crippen molar-refractivity contribution in [2.45, 2.75) is 26.2 Å². The number of benzene rings is 1. The van der Waals surface area contributed by atoms with Crippen LogP contribution in [-0.4, -0.2) is 17.0 Å². The maximum Gasteiger partial charge on any atom is 0.307 e. The van der Waals surface area contributed by atoms with Crippen LogP contribution in [0.15, 0.2) is 24.3 Å². The highest BCUT2D eigenvalue weighted by Crippen LogP contribution is 2.33. The van der Waals surface area contributed by atoms with Gasteiger partial charge in [-0.25, -0.2) is 0 Å². The lowest BCUT2D eigenvalue weighted by Gasteiger charge is -2.16. The Balaban J connectivity index is 2.08. The average Bonchev–Trinajstić information content (AvgIpc) is 2.81. The van der Waals surface area contributed by atoms with E-state index in [-0.39, 0.29) is 5.91 Å². The standard InChI is InChI=1S/C14H17NO3/c1-9-5-2-3-8-12(9)15-13(16)10-6-4-7-11(10)14(17)18/h2-3,5,8,10-11H,4,6-7H2,1H3,(H,15,16)(H,17,18)/t10-,11+/m1/s1. The highest BCUT2D eigenvalue weighted by atomic mass is 16.4. The van der Waals surface area contributed by atoms with Crippen LogP contribution in [0.3, 0.4) is 0 Å². The molecule has 0 aliphatic heterocycles. The topological polar surface area (TPSA) is 66.4 Å². The summed E-state index contributed by atoms with van der Waals surface area (Å²) < 4.78 is 0. The Bertz CT molecular complexity index is 470. The van der Waals surface area contributed by atoms with Gasteiger partial charge in [-0.3, -0.25) is 9.59 Å². The molecule has 1 aromatic rings. The van der Waals surface area contributed by atoms with E-state index < -0.39 is 17.8 Å². The van der Waals surface area contributed by atoms with Crippen molar-refractivity contribution in [3.63, 3.8) is 0 Å². The van der Waals surface area contributed by atoms with E-state index in [1.807, 2.05) is 31.2 Å². The van der Waals surface area contributed by atoms with Gasteiger partial charge in [0.2, 0.25) is 5.91 Å². The van der Waals surface area contributed by atoms with Crippen LogP contribution >= 0.6 is 0 Å². The fourth-order valence-corrected chi connectivity index (χ4v) is 2.51. The molecule has 0 heterocycles. The summed E-state index contributed by atoms with van der Waals surface area (Å²) >= 11 is 0. The van der Waals surface area contributed by atoms with Crippen molar-refractivity contribution < 1.29 is 14.7 Å². The van der Waals surface area contributed by atoms with Crippen molar-refractivity contribution in [1.82, 2.24) is 0 Å². The number of carbonyl (C=O) groups is 2. The van der Waals surface area contributed by atoms with Crippen LogP contribution in [0, 0.1) is 18.8 Å². The molecule has 18 heavy (non-hydrogen) atoms. The zero-order valence-electron chi connectivity index (χ0n) is 10.3. The molecule has 4 nitrogen and oxygen atoms in total. The Labute approximate surface area is 106 Å². The number of aliphatic carboxylic acids is 1. The van der Waals surface area contributed by atoms with E-state index in [1.165, 1.54) is 0 Å². The molecular weight excluding hydrogens is 230 g/mol. The minimum absolute atomic E-state index is 0.172. The van der Waals surface area contributed by atoms with Crippen molar-refractivity contribution in [2.24, 2.45) is 11.8 Å². The van der Waals surface area contributed by atoms with E-state index in [1.54, 1.807) is 0 Å². The van der Waals surface area contributed by atoms with Gasteiger partial charge in [0.15, 0.2) is 0 Å². The number of hydrogen-bond donors (Lipinski definition) is 2. The second kappa shape index (κ2) is 5.21. The van der Waals surface area contributed by atoms with Crippen LogP contribution < -0.4 is 5.32 Å². The number of hydrogen-bond acceptors (Lipinski definition) is 2. The molecule has 2 rings (SSSR count). The number of anilines is 1. The Morgan fingerprint density at radius 3 is 2.56 bits per heavy atom. The number of carbonyl (C=O) groups excluding carboxylic acids is 1. The predicted octanol–water partition coefficient (Wildman–Crippen LogP) is 2.43. The first kappa shape index (κ1) is 12.6. The van der Waals surface area contributed by atoms with Gasteiger partial charge in [0.25, 0.3) is 0 Å². The molecule has 1 aliphatic carbocycles. The number of rotatable bonds is 3. The van der Waals surface area contributed by atoms with Crippen LogP contribution in [-0.2, 0) is 9.59 Å². The van der Waals surface area contributed by atoms with Gasteiger partial charge in [0.05, 0.1) is 11.8 Å². The lowest BCUT2D eigenvalue weighted by molar-refractivity contribution is -0.145. The molecule has 2 N–H and O–H groups in total. The number of carboxylic acid groups (broad SMARTS) is 1. The minimum atomic E-state index is -0.863. The van der Waals surface area contributed by atoms with Crippen molar-refractivity contribution >= 4 is 17.6 Å². The number of aryl methyl sites for hydroxylation is 1. The molecule has 0 aromatic heterocycles.